The predicted molar refractivity (Wildman–Crippen MR) is 57.6 cm³/mol. The second kappa shape index (κ2) is 4.92. The van der Waals surface area contributed by atoms with Crippen molar-refractivity contribution in [2.75, 3.05) is 17.6 Å². The molecule has 0 amide bonds. The molecular formula is C9H10FN3O2S. The van der Waals surface area contributed by atoms with Crippen LogP contribution in [0.25, 0.3) is 0 Å². The van der Waals surface area contributed by atoms with E-state index >= 15 is 0 Å². The number of nitrogens with one attached hydrogen (secondary N) is 1. The first kappa shape index (κ1) is 12.4. The van der Waals surface area contributed by atoms with Gasteiger partial charge in [-0.15, -0.1) is 0 Å². The van der Waals surface area contributed by atoms with Gasteiger partial charge in [-0.1, -0.05) is 0 Å². The van der Waals surface area contributed by atoms with Crippen molar-refractivity contribution in [3.63, 3.8) is 0 Å². The molecule has 16 heavy (non-hydrogen) atoms. The predicted octanol–water partition coefficient (Wildman–Crippen LogP) is 0.398. The molecule has 0 bridgehead atoms. The van der Waals surface area contributed by atoms with Gasteiger partial charge in [0.1, 0.15) is 11.9 Å². The van der Waals surface area contributed by atoms with Crippen LogP contribution < -0.4 is 10.5 Å². The molecule has 1 aromatic rings. The number of hydrogen-bond acceptors (Lipinski definition) is 4. The summed E-state index contributed by atoms with van der Waals surface area (Å²) in [6.45, 7) is 0.106. The zero-order valence-corrected chi connectivity index (χ0v) is 9.09. The van der Waals surface area contributed by atoms with Crippen LogP contribution >= 0.6 is 0 Å². The Balaban J connectivity index is 2.66. The van der Waals surface area contributed by atoms with Gasteiger partial charge in [-0.25, -0.2) is 17.9 Å². The van der Waals surface area contributed by atoms with Crippen molar-refractivity contribution in [3.05, 3.63) is 29.6 Å². The van der Waals surface area contributed by atoms with Gasteiger partial charge in [0, 0.05) is 12.2 Å². The van der Waals surface area contributed by atoms with E-state index < -0.39 is 15.8 Å². The van der Waals surface area contributed by atoms with E-state index in [0.29, 0.717) is 5.69 Å². The van der Waals surface area contributed by atoms with Crippen LogP contribution in [0, 0.1) is 17.1 Å². The SMILES string of the molecule is N#Cc1cc(NCCS(N)(=O)=O)ccc1F. The quantitative estimate of drug-likeness (QED) is 0.799. The molecule has 0 aliphatic carbocycles. The number of benzene rings is 1. The molecule has 0 saturated heterocycles. The fraction of sp³-hybridized carbons (Fsp3) is 0.222. The van der Waals surface area contributed by atoms with Crippen molar-refractivity contribution in [2.24, 2.45) is 5.14 Å². The van der Waals surface area contributed by atoms with Gasteiger partial charge in [-0.2, -0.15) is 5.26 Å². The molecule has 86 valence electrons. The Kier molecular flexibility index (Phi) is 3.82. The monoisotopic (exact) mass is 243 g/mol. The first-order chi connectivity index (χ1) is 7.42. The minimum Gasteiger partial charge on any atom is -0.384 e. The molecule has 0 radical (unpaired) electrons. The third kappa shape index (κ3) is 3.84. The molecule has 1 rings (SSSR count). The topological polar surface area (TPSA) is 96.0 Å². The van der Waals surface area contributed by atoms with Crippen molar-refractivity contribution in [2.45, 2.75) is 0 Å². The second-order valence-electron chi connectivity index (χ2n) is 3.10. The van der Waals surface area contributed by atoms with Crippen molar-refractivity contribution >= 4 is 15.7 Å². The molecular weight excluding hydrogens is 233 g/mol. The van der Waals surface area contributed by atoms with Crippen molar-refractivity contribution in [3.8, 4) is 6.07 Å². The fourth-order valence-electron chi connectivity index (χ4n) is 1.06. The van der Waals surface area contributed by atoms with Gasteiger partial charge < -0.3 is 5.32 Å². The van der Waals surface area contributed by atoms with Gasteiger partial charge in [0.2, 0.25) is 10.0 Å². The van der Waals surface area contributed by atoms with E-state index in [1.807, 2.05) is 0 Å². The lowest BCUT2D eigenvalue weighted by Crippen LogP contribution is -2.22. The highest BCUT2D eigenvalue weighted by atomic mass is 32.2. The van der Waals surface area contributed by atoms with Crippen LogP contribution in [-0.2, 0) is 10.0 Å². The number of hydrogen-bond donors (Lipinski definition) is 2. The third-order valence-electron chi connectivity index (χ3n) is 1.80. The van der Waals surface area contributed by atoms with Gasteiger partial charge in [0.15, 0.2) is 0 Å². The summed E-state index contributed by atoms with van der Waals surface area (Å²) < 4.78 is 34.2. The molecule has 1 aromatic carbocycles. The Labute approximate surface area is 92.7 Å². The van der Waals surface area contributed by atoms with Gasteiger partial charge in [0.05, 0.1) is 11.3 Å². The Hall–Kier alpha value is -1.65. The fourth-order valence-corrected chi connectivity index (χ4v) is 1.45. The van der Waals surface area contributed by atoms with E-state index in [1.165, 1.54) is 12.1 Å². The van der Waals surface area contributed by atoms with Crippen molar-refractivity contribution < 1.29 is 12.8 Å². The van der Waals surface area contributed by atoms with E-state index in [9.17, 15) is 12.8 Å². The number of nitrogens with two attached hydrogens (primary N) is 1. The third-order valence-corrected chi connectivity index (χ3v) is 2.58. The number of rotatable bonds is 4. The number of sulfonamides is 1. The molecule has 5 nitrogen and oxygen atoms in total. The lowest BCUT2D eigenvalue weighted by Gasteiger charge is -2.05. The summed E-state index contributed by atoms with van der Waals surface area (Å²) >= 11 is 0. The number of halogens is 1. The average molecular weight is 243 g/mol. The Morgan fingerprint density at radius 3 is 2.75 bits per heavy atom. The minimum atomic E-state index is -3.52. The highest BCUT2D eigenvalue weighted by Gasteiger charge is 2.04. The molecule has 0 saturated carbocycles. The van der Waals surface area contributed by atoms with E-state index in [2.05, 4.69) is 5.32 Å². The molecule has 3 N–H and O–H groups in total. The summed E-state index contributed by atoms with van der Waals surface area (Å²) in [5, 5.41) is 16.1. The zero-order chi connectivity index (χ0) is 12.2. The number of nitrogens with zero attached hydrogens (tertiary/aromatic N) is 1. The maximum absolute atomic E-state index is 12.9. The standard InChI is InChI=1S/C9H10FN3O2S/c10-9-2-1-8(5-7(9)6-11)13-3-4-16(12,14)15/h1-2,5,13H,3-4H2,(H2,12,14,15). The lowest BCUT2D eigenvalue weighted by atomic mass is 10.2. The van der Waals surface area contributed by atoms with Gasteiger partial charge >= 0.3 is 0 Å². The zero-order valence-electron chi connectivity index (χ0n) is 8.27. The van der Waals surface area contributed by atoms with Crippen LogP contribution in [0.5, 0.6) is 0 Å². The van der Waals surface area contributed by atoms with E-state index in [0.717, 1.165) is 6.07 Å². The Morgan fingerprint density at radius 1 is 1.50 bits per heavy atom. The van der Waals surface area contributed by atoms with E-state index in [1.54, 1.807) is 6.07 Å². The van der Waals surface area contributed by atoms with Crippen molar-refractivity contribution in [1.82, 2.24) is 0 Å². The first-order valence-electron chi connectivity index (χ1n) is 4.36. The van der Waals surface area contributed by atoms with Crippen LogP contribution in [0.3, 0.4) is 0 Å². The minimum absolute atomic E-state index is 0.0967. The summed E-state index contributed by atoms with van der Waals surface area (Å²) in [6.07, 6.45) is 0. The van der Waals surface area contributed by atoms with Crippen molar-refractivity contribution in [1.29, 1.82) is 5.26 Å². The van der Waals surface area contributed by atoms with Crippen LogP contribution in [0.1, 0.15) is 5.56 Å². The number of nitriles is 1. The molecule has 0 aromatic heterocycles. The first-order valence-corrected chi connectivity index (χ1v) is 6.08. The van der Waals surface area contributed by atoms with Gasteiger partial charge in [-0.3, -0.25) is 0 Å². The molecule has 0 atom stereocenters. The van der Waals surface area contributed by atoms with Gasteiger partial charge in [-0.05, 0) is 18.2 Å². The van der Waals surface area contributed by atoms with E-state index in [4.69, 9.17) is 10.4 Å². The number of primary sulfonamides is 1. The van der Waals surface area contributed by atoms with Crippen LogP contribution in [-0.4, -0.2) is 20.7 Å². The second-order valence-corrected chi connectivity index (χ2v) is 4.83. The molecule has 0 unspecified atom stereocenters. The maximum atomic E-state index is 12.9. The smallest absolute Gasteiger partial charge is 0.210 e. The summed E-state index contributed by atoms with van der Waals surface area (Å²) in [5.74, 6) is -0.841. The highest BCUT2D eigenvalue weighted by Crippen LogP contribution is 2.13. The molecule has 0 fully saturated rings. The van der Waals surface area contributed by atoms with Crippen LogP contribution in [0.15, 0.2) is 18.2 Å². The summed E-state index contributed by atoms with van der Waals surface area (Å²) in [6, 6.07) is 5.54. The summed E-state index contributed by atoms with van der Waals surface area (Å²) in [4.78, 5) is 0. The number of anilines is 1. The largest absolute Gasteiger partial charge is 0.384 e. The molecule has 0 heterocycles. The van der Waals surface area contributed by atoms with Crippen LogP contribution in [0.4, 0.5) is 10.1 Å². The Morgan fingerprint density at radius 2 is 2.19 bits per heavy atom. The highest BCUT2D eigenvalue weighted by molar-refractivity contribution is 7.89. The average Bonchev–Trinajstić information content (AvgIpc) is 2.18. The molecule has 0 spiro atoms. The molecule has 7 heteroatoms. The Bertz CT molecular complexity index is 522. The van der Waals surface area contributed by atoms with Gasteiger partial charge in [0.25, 0.3) is 0 Å². The maximum Gasteiger partial charge on any atom is 0.210 e. The summed E-state index contributed by atoms with van der Waals surface area (Å²) in [7, 11) is -3.52. The van der Waals surface area contributed by atoms with E-state index in [-0.39, 0.29) is 17.9 Å². The lowest BCUT2D eigenvalue weighted by molar-refractivity contribution is 0.598. The molecule has 0 aliphatic rings. The summed E-state index contributed by atoms with van der Waals surface area (Å²) in [5.41, 5.74) is 0.377. The normalized spacial score (nSPS) is 10.8. The van der Waals surface area contributed by atoms with Crippen LogP contribution in [0.2, 0.25) is 0 Å². The molecule has 0 aliphatic heterocycles.